The average molecular weight is 365 g/mol. The molecule has 2 amide bonds. The van der Waals surface area contributed by atoms with Gasteiger partial charge in [0.25, 0.3) is 0 Å². The second kappa shape index (κ2) is 7.23. The van der Waals surface area contributed by atoms with Gasteiger partial charge in [0.15, 0.2) is 0 Å². The van der Waals surface area contributed by atoms with E-state index in [-0.39, 0.29) is 12.1 Å². The Hall–Kier alpha value is -3.15. The fourth-order valence-corrected chi connectivity index (χ4v) is 3.71. The van der Waals surface area contributed by atoms with Gasteiger partial charge in [0, 0.05) is 22.3 Å². The Kier molecular flexibility index (Phi) is 4.62. The van der Waals surface area contributed by atoms with Crippen molar-refractivity contribution >= 4 is 22.6 Å². The van der Waals surface area contributed by atoms with Crippen molar-refractivity contribution < 1.29 is 14.3 Å². The molecule has 140 valence electrons. The Labute approximate surface area is 157 Å². The van der Waals surface area contributed by atoms with Crippen LogP contribution in [0.4, 0.5) is 10.5 Å². The van der Waals surface area contributed by atoms with Gasteiger partial charge >= 0.3 is 6.03 Å². The van der Waals surface area contributed by atoms with E-state index in [1.54, 1.807) is 14.2 Å². The molecule has 4 rings (SSSR count). The summed E-state index contributed by atoms with van der Waals surface area (Å²) in [5.41, 5.74) is 4.16. The summed E-state index contributed by atoms with van der Waals surface area (Å²) in [5.74, 6) is 1.60. The molecule has 2 aromatic carbocycles. The minimum absolute atomic E-state index is 0.0367. The number of anilines is 1. The van der Waals surface area contributed by atoms with Crippen molar-refractivity contribution in [2.24, 2.45) is 0 Å². The lowest BCUT2D eigenvalue weighted by Crippen LogP contribution is -2.34. The number of methoxy groups -OCH3 is 2. The number of hydrogen-bond acceptors (Lipinski definition) is 3. The highest BCUT2D eigenvalue weighted by molar-refractivity contribution is 5.90. The molecule has 0 saturated heterocycles. The van der Waals surface area contributed by atoms with Crippen LogP contribution in [-0.4, -0.2) is 25.2 Å². The zero-order valence-corrected chi connectivity index (χ0v) is 15.5. The normalized spacial score (nSPS) is 15.9. The fourth-order valence-electron chi connectivity index (χ4n) is 3.71. The number of aryl methyl sites for hydroxylation is 1. The van der Waals surface area contributed by atoms with Gasteiger partial charge in [-0.15, -0.1) is 0 Å². The SMILES string of the molecule is COc1ccc(NC(=O)N[C@@H]2CCCc3c2[nH]c2ccc(OC)cc32)cc1. The van der Waals surface area contributed by atoms with E-state index in [1.165, 1.54) is 10.9 Å². The van der Waals surface area contributed by atoms with Crippen LogP contribution in [0.3, 0.4) is 0 Å². The van der Waals surface area contributed by atoms with Gasteiger partial charge in [0.2, 0.25) is 0 Å². The molecule has 0 fully saturated rings. The lowest BCUT2D eigenvalue weighted by molar-refractivity contribution is 0.247. The van der Waals surface area contributed by atoms with Crippen molar-refractivity contribution in [3.05, 3.63) is 53.7 Å². The number of ether oxygens (including phenoxy) is 2. The number of hydrogen-bond donors (Lipinski definition) is 3. The Morgan fingerprint density at radius 1 is 1.07 bits per heavy atom. The quantitative estimate of drug-likeness (QED) is 0.642. The van der Waals surface area contributed by atoms with Crippen LogP contribution < -0.4 is 20.1 Å². The van der Waals surface area contributed by atoms with Crippen molar-refractivity contribution in [2.75, 3.05) is 19.5 Å². The maximum absolute atomic E-state index is 12.5. The number of fused-ring (bicyclic) bond motifs is 3. The molecule has 0 radical (unpaired) electrons. The summed E-state index contributed by atoms with van der Waals surface area (Å²) in [7, 11) is 3.29. The highest BCUT2D eigenvalue weighted by Gasteiger charge is 2.25. The van der Waals surface area contributed by atoms with E-state index in [9.17, 15) is 4.79 Å². The molecule has 27 heavy (non-hydrogen) atoms. The average Bonchev–Trinajstić information content (AvgIpc) is 3.07. The van der Waals surface area contributed by atoms with Gasteiger partial charge < -0.3 is 25.1 Å². The number of H-pyrrole nitrogens is 1. The van der Waals surface area contributed by atoms with Gasteiger partial charge in [0.05, 0.1) is 20.3 Å². The minimum Gasteiger partial charge on any atom is -0.497 e. The maximum atomic E-state index is 12.5. The number of aromatic nitrogens is 1. The van der Waals surface area contributed by atoms with Crippen LogP contribution in [-0.2, 0) is 6.42 Å². The Bertz CT molecular complexity index is 963. The van der Waals surface area contributed by atoms with Crippen LogP contribution in [0.1, 0.15) is 30.1 Å². The zero-order valence-electron chi connectivity index (χ0n) is 15.5. The van der Waals surface area contributed by atoms with E-state index in [1.807, 2.05) is 36.4 Å². The number of urea groups is 1. The first-order valence-corrected chi connectivity index (χ1v) is 9.08. The van der Waals surface area contributed by atoms with Gasteiger partial charge in [-0.1, -0.05) is 0 Å². The van der Waals surface area contributed by atoms with E-state index in [0.717, 1.165) is 47.7 Å². The highest BCUT2D eigenvalue weighted by Crippen LogP contribution is 2.36. The molecule has 0 saturated carbocycles. The first kappa shape index (κ1) is 17.3. The monoisotopic (exact) mass is 365 g/mol. The summed E-state index contributed by atoms with van der Waals surface area (Å²) < 4.78 is 10.5. The van der Waals surface area contributed by atoms with Crippen molar-refractivity contribution in [1.82, 2.24) is 10.3 Å². The van der Waals surface area contributed by atoms with E-state index >= 15 is 0 Å². The summed E-state index contributed by atoms with van der Waals surface area (Å²) in [6.07, 6.45) is 2.94. The van der Waals surface area contributed by atoms with Crippen LogP contribution in [0, 0.1) is 0 Å². The molecular weight excluding hydrogens is 342 g/mol. The van der Waals surface area contributed by atoms with Gasteiger partial charge in [-0.2, -0.15) is 0 Å². The molecule has 1 aromatic heterocycles. The number of aromatic amines is 1. The number of amides is 2. The van der Waals surface area contributed by atoms with Gasteiger partial charge in [0.1, 0.15) is 11.5 Å². The molecule has 6 heteroatoms. The van der Waals surface area contributed by atoms with Crippen LogP contribution in [0.25, 0.3) is 10.9 Å². The highest BCUT2D eigenvalue weighted by atomic mass is 16.5. The second-order valence-corrected chi connectivity index (χ2v) is 6.70. The fraction of sp³-hybridized carbons (Fsp3) is 0.286. The largest absolute Gasteiger partial charge is 0.497 e. The van der Waals surface area contributed by atoms with E-state index in [4.69, 9.17) is 9.47 Å². The summed E-state index contributed by atoms with van der Waals surface area (Å²) in [5, 5.41) is 7.15. The summed E-state index contributed by atoms with van der Waals surface area (Å²) >= 11 is 0. The Morgan fingerprint density at radius 3 is 2.56 bits per heavy atom. The molecule has 0 bridgehead atoms. The van der Waals surface area contributed by atoms with Crippen molar-refractivity contribution in [3.8, 4) is 11.5 Å². The lowest BCUT2D eigenvalue weighted by atomic mass is 9.92. The predicted molar refractivity (Wildman–Crippen MR) is 106 cm³/mol. The zero-order chi connectivity index (χ0) is 18.8. The first-order valence-electron chi connectivity index (χ1n) is 9.08. The van der Waals surface area contributed by atoms with Crippen molar-refractivity contribution in [2.45, 2.75) is 25.3 Å². The number of carbonyl (C=O) groups is 1. The van der Waals surface area contributed by atoms with E-state index in [2.05, 4.69) is 21.7 Å². The molecule has 1 heterocycles. The number of rotatable bonds is 4. The Balaban J connectivity index is 1.52. The molecule has 3 aromatic rings. The molecule has 6 nitrogen and oxygen atoms in total. The van der Waals surface area contributed by atoms with Gasteiger partial charge in [-0.3, -0.25) is 0 Å². The number of nitrogens with one attached hydrogen (secondary N) is 3. The van der Waals surface area contributed by atoms with Crippen molar-refractivity contribution in [1.29, 1.82) is 0 Å². The number of carbonyl (C=O) groups excluding carboxylic acids is 1. The molecule has 0 aliphatic heterocycles. The topological polar surface area (TPSA) is 75.4 Å². The third kappa shape index (κ3) is 3.43. The molecule has 0 spiro atoms. The molecular formula is C21H23N3O3. The molecule has 3 N–H and O–H groups in total. The molecule has 1 aliphatic rings. The summed E-state index contributed by atoms with van der Waals surface area (Å²) in [4.78, 5) is 16.0. The predicted octanol–water partition coefficient (Wildman–Crippen LogP) is 4.38. The third-order valence-corrected chi connectivity index (χ3v) is 5.07. The van der Waals surface area contributed by atoms with E-state index in [0.29, 0.717) is 0 Å². The summed E-state index contributed by atoms with van der Waals surface area (Å²) in [6.45, 7) is 0. The van der Waals surface area contributed by atoms with Crippen molar-refractivity contribution in [3.63, 3.8) is 0 Å². The molecule has 0 unspecified atom stereocenters. The molecule has 1 atom stereocenters. The molecule has 1 aliphatic carbocycles. The Morgan fingerprint density at radius 2 is 1.81 bits per heavy atom. The summed E-state index contributed by atoms with van der Waals surface area (Å²) in [6, 6.07) is 13.1. The van der Waals surface area contributed by atoms with Crippen LogP contribution >= 0.6 is 0 Å². The van der Waals surface area contributed by atoms with Gasteiger partial charge in [-0.25, -0.2) is 4.79 Å². The lowest BCUT2D eigenvalue weighted by Gasteiger charge is -2.24. The van der Waals surface area contributed by atoms with Crippen LogP contribution in [0.2, 0.25) is 0 Å². The smallest absolute Gasteiger partial charge is 0.319 e. The minimum atomic E-state index is -0.214. The van der Waals surface area contributed by atoms with Crippen LogP contribution in [0.15, 0.2) is 42.5 Å². The van der Waals surface area contributed by atoms with Gasteiger partial charge in [-0.05, 0) is 67.3 Å². The second-order valence-electron chi connectivity index (χ2n) is 6.70. The third-order valence-electron chi connectivity index (χ3n) is 5.07. The maximum Gasteiger partial charge on any atom is 0.319 e. The van der Waals surface area contributed by atoms with Crippen LogP contribution in [0.5, 0.6) is 11.5 Å². The number of benzene rings is 2. The first-order chi connectivity index (χ1) is 13.2. The van der Waals surface area contributed by atoms with E-state index < -0.39 is 0 Å². The standard InChI is InChI=1S/C21H23N3O3/c1-26-14-8-6-13(7-9-14)22-21(25)24-19-5-3-4-16-17-12-15(27-2)10-11-18(17)23-20(16)19/h6-12,19,23H,3-5H2,1-2H3,(H2,22,24,25)/t19-/m1/s1.